The highest BCUT2D eigenvalue weighted by Crippen LogP contribution is 2.15. The summed E-state index contributed by atoms with van der Waals surface area (Å²) >= 11 is 0. The fourth-order valence-electron chi connectivity index (χ4n) is 1.87. The molecule has 2 N–H and O–H groups in total. The first kappa shape index (κ1) is 13.1. The zero-order valence-corrected chi connectivity index (χ0v) is 10.9. The molecule has 1 aromatic heterocycles. The van der Waals surface area contributed by atoms with E-state index in [0.717, 1.165) is 11.3 Å². The van der Waals surface area contributed by atoms with E-state index in [4.69, 9.17) is 4.74 Å². The highest BCUT2D eigenvalue weighted by Gasteiger charge is 2.09. The lowest BCUT2D eigenvalue weighted by atomic mass is 10.1. The first-order valence-electron chi connectivity index (χ1n) is 6.08. The summed E-state index contributed by atoms with van der Waals surface area (Å²) in [4.78, 5) is 18.4. The normalized spacial score (nSPS) is 10.4. The number of methoxy groups -OCH3 is 1. The van der Waals surface area contributed by atoms with Crippen LogP contribution in [0.5, 0.6) is 11.6 Å². The number of benzene rings is 1. The van der Waals surface area contributed by atoms with Crippen LogP contribution >= 0.6 is 0 Å². The Kier molecular flexibility index (Phi) is 3.85. The van der Waals surface area contributed by atoms with Gasteiger partial charge in [0.1, 0.15) is 11.6 Å². The summed E-state index contributed by atoms with van der Waals surface area (Å²) < 4.78 is 5.07. The number of aromatic amines is 1. The Hall–Kier alpha value is -2.30. The molecule has 0 atom stereocenters. The minimum atomic E-state index is -0.279. The third-order valence-electron chi connectivity index (χ3n) is 2.93. The number of H-pyrrole nitrogens is 1. The molecular weight excluding hydrogens is 244 g/mol. The molecule has 0 unspecified atom stereocenters. The Balaban J connectivity index is 2.25. The predicted octanol–water partition coefficient (Wildman–Crippen LogP) is 1.64. The largest absolute Gasteiger partial charge is 0.497 e. The molecule has 2 aromatic rings. The van der Waals surface area contributed by atoms with Crippen LogP contribution in [0, 0.1) is 0 Å². The molecular formula is C14H16N2O3. The maximum absolute atomic E-state index is 11.7. The Morgan fingerprint density at radius 1 is 1.32 bits per heavy atom. The van der Waals surface area contributed by atoms with Crippen molar-refractivity contribution in [3.8, 4) is 11.6 Å². The summed E-state index contributed by atoms with van der Waals surface area (Å²) in [6.45, 7) is 1.80. The summed E-state index contributed by atoms with van der Waals surface area (Å²) in [5.41, 5.74) is 1.02. The molecule has 0 fully saturated rings. The number of hydrogen-bond donors (Lipinski definition) is 2. The first-order valence-corrected chi connectivity index (χ1v) is 6.08. The average Bonchev–Trinajstić information content (AvgIpc) is 2.39. The van der Waals surface area contributed by atoms with Gasteiger partial charge >= 0.3 is 0 Å². The molecule has 0 radical (unpaired) electrons. The number of ether oxygens (including phenoxy) is 1. The maximum atomic E-state index is 11.7. The number of nitrogens with one attached hydrogen (secondary N) is 1. The molecule has 0 bridgehead atoms. The lowest BCUT2D eigenvalue weighted by molar-refractivity contribution is 0.414. The minimum absolute atomic E-state index is 0.185. The van der Waals surface area contributed by atoms with Crippen molar-refractivity contribution in [2.24, 2.45) is 0 Å². The lowest BCUT2D eigenvalue weighted by Crippen LogP contribution is -2.16. The summed E-state index contributed by atoms with van der Waals surface area (Å²) in [5, 5.41) is 9.68. The molecule has 5 nitrogen and oxygen atoms in total. The van der Waals surface area contributed by atoms with E-state index in [-0.39, 0.29) is 11.4 Å². The lowest BCUT2D eigenvalue weighted by Gasteiger charge is -2.05. The number of rotatable bonds is 4. The number of nitrogens with zero attached hydrogens (tertiary/aromatic N) is 1. The van der Waals surface area contributed by atoms with Gasteiger partial charge in [0.05, 0.1) is 12.7 Å². The molecule has 0 aliphatic heterocycles. The van der Waals surface area contributed by atoms with E-state index in [2.05, 4.69) is 9.97 Å². The van der Waals surface area contributed by atoms with Gasteiger partial charge in [0.15, 0.2) is 0 Å². The van der Waals surface area contributed by atoms with Crippen molar-refractivity contribution >= 4 is 0 Å². The topological polar surface area (TPSA) is 75.2 Å². The Labute approximate surface area is 110 Å². The summed E-state index contributed by atoms with van der Waals surface area (Å²) in [6, 6.07) is 7.47. The standard InChI is InChI=1S/C14H16N2O3/c1-3-11-13(17)15-12(16-14(11)18)8-9-4-6-10(19-2)7-5-9/h4-7H,3,8H2,1-2H3,(H2,15,16,17,18). The summed E-state index contributed by atoms with van der Waals surface area (Å²) in [6.07, 6.45) is 0.910. The van der Waals surface area contributed by atoms with E-state index in [0.29, 0.717) is 24.2 Å². The third-order valence-corrected chi connectivity index (χ3v) is 2.93. The second-order valence-electron chi connectivity index (χ2n) is 4.19. The SMILES string of the molecule is CCc1c(O)nc(Cc2ccc(OC)cc2)[nH]c1=O. The zero-order valence-electron chi connectivity index (χ0n) is 10.9. The molecule has 0 amide bonds. The van der Waals surface area contributed by atoms with Gasteiger partial charge in [-0.05, 0) is 24.1 Å². The molecule has 0 aliphatic carbocycles. The van der Waals surface area contributed by atoms with Crippen LogP contribution in [0.1, 0.15) is 23.9 Å². The van der Waals surface area contributed by atoms with Crippen LogP contribution in [0.3, 0.4) is 0 Å². The predicted molar refractivity (Wildman–Crippen MR) is 71.7 cm³/mol. The third kappa shape index (κ3) is 2.93. The van der Waals surface area contributed by atoms with Gasteiger partial charge in [0, 0.05) is 6.42 Å². The smallest absolute Gasteiger partial charge is 0.257 e. The van der Waals surface area contributed by atoms with Gasteiger partial charge in [-0.1, -0.05) is 19.1 Å². The molecule has 5 heteroatoms. The fourth-order valence-corrected chi connectivity index (χ4v) is 1.87. The van der Waals surface area contributed by atoms with E-state index in [1.807, 2.05) is 24.3 Å². The van der Waals surface area contributed by atoms with Crippen LogP contribution in [0.2, 0.25) is 0 Å². The van der Waals surface area contributed by atoms with E-state index >= 15 is 0 Å². The number of aromatic hydroxyl groups is 1. The molecule has 1 aromatic carbocycles. The zero-order chi connectivity index (χ0) is 13.8. The highest BCUT2D eigenvalue weighted by atomic mass is 16.5. The number of aromatic nitrogens is 2. The van der Waals surface area contributed by atoms with Crippen LogP contribution in [0.25, 0.3) is 0 Å². The van der Waals surface area contributed by atoms with Gasteiger partial charge in [-0.25, -0.2) is 0 Å². The van der Waals surface area contributed by atoms with Crippen LogP contribution in [0.4, 0.5) is 0 Å². The highest BCUT2D eigenvalue weighted by molar-refractivity contribution is 5.30. The van der Waals surface area contributed by atoms with E-state index in [1.54, 1.807) is 14.0 Å². The summed E-state index contributed by atoms with van der Waals surface area (Å²) in [5.74, 6) is 1.04. The maximum Gasteiger partial charge on any atom is 0.257 e. The van der Waals surface area contributed by atoms with Crippen LogP contribution in [-0.2, 0) is 12.8 Å². The first-order chi connectivity index (χ1) is 9.13. The van der Waals surface area contributed by atoms with Crippen molar-refractivity contribution < 1.29 is 9.84 Å². The molecule has 0 saturated carbocycles. The van der Waals surface area contributed by atoms with Crippen LogP contribution in [0.15, 0.2) is 29.1 Å². The van der Waals surface area contributed by atoms with Crippen molar-refractivity contribution in [3.63, 3.8) is 0 Å². The van der Waals surface area contributed by atoms with Crippen LogP contribution < -0.4 is 10.3 Å². The van der Waals surface area contributed by atoms with Gasteiger partial charge < -0.3 is 14.8 Å². The van der Waals surface area contributed by atoms with Gasteiger partial charge in [-0.15, -0.1) is 0 Å². The Bertz CT molecular complexity index is 618. The molecule has 0 aliphatic rings. The van der Waals surface area contributed by atoms with E-state index in [9.17, 15) is 9.90 Å². The Morgan fingerprint density at radius 3 is 2.53 bits per heavy atom. The average molecular weight is 260 g/mol. The van der Waals surface area contributed by atoms with E-state index in [1.165, 1.54) is 0 Å². The van der Waals surface area contributed by atoms with Gasteiger partial charge in [0.2, 0.25) is 5.88 Å². The monoisotopic (exact) mass is 260 g/mol. The molecule has 100 valence electrons. The van der Waals surface area contributed by atoms with Crippen LogP contribution in [-0.4, -0.2) is 22.2 Å². The quantitative estimate of drug-likeness (QED) is 0.876. The molecule has 19 heavy (non-hydrogen) atoms. The van der Waals surface area contributed by atoms with E-state index < -0.39 is 0 Å². The second-order valence-corrected chi connectivity index (χ2v) is 4.19. The molecule has 2 rings (SSSR count). The van der Waals surface area contributed by atoms with Gasteiger partial charge in [-0.3, -0.25) is 4.79 Å². The Morgan fingerprint density at radius 2 is 2.00 bits per heavy atom. The van der Waals surface area contributed by atoms with Gasteiger partial charge in [-0.2, -0.15) is 4.98 Å². The van der Waals surface area contributed by atoms with Crippen molar-refractivity contribution in [1.29, 1.82) is 0 Å². The van der Waals surface area contributed by atoms with Gasteiger partial charge in [0.25, 0.3) is 5.56 Å². The summed E-state index contributed by atoms with van der Waals surface area (Å²) in [7, 11) is 1.61. The van der Waals surface area contributed by atoms with Crippen molar-refractivity contribution in [2.75, 3.05) is 7.11 Å². The van der Waals surface area contributed by atoms with Crippen molar-refractivity contribution in [3.05, 3.63) is 51.6 Å². The molecule has 0 saturated heterocycles. The molecule has 1 heterocycles. The van der Waals surface area contributed by atoms with Crippen molar-refractivity contribution in [1.82, 2.24) is 9.97 Å². The second kappa shape index (κ2) is 5.56. The van der Waals surface area contributed by atoms with Crippen molar-refractivity contribution in [2.45, 2.75) is 19.8 Å². The fraction of sp³-hybridized carbons (Fsp3) is 0.286. The number of hydrogen-bond acceptors (Lipinski definition) is 4. The minimum Gasteiger partial charge on any atom is -0.497 e. The molecule has 0 spiro atoms.